The molecule has 0 radical (unpaired) electrons. The average molecular weight is 261 g/mol. The molecule has 5 heteroatoms. The predicted molar refractivity (Wildman–Crippen MR) is 74.5 cm³/mol. The van der Waals surface area contributed by atoms with Crippen molar-refractivity contribution in [2.24, 2.45) is 5.73 Å². The Morgan fingerprint density at radius 1 is 1.44 bits per heavy atom. The second kappa shape index (κ2) is 5.18. The maximum Gasteiger partial charge on any atom is 0.135 e. The van der Waals surface area contributed by atoms with E-state index in [0.29, 0.717) is 6.61 Å². The van der Waals surface area contributed by atoms with Gasteiger partial charge in [-0.05, 0) is 26.0 Å². The van der Waals surface area contributed by atoms with Crippen molar-refractivity contribution in [3.05, 3.63) is 34.8 Å². The van der Waals surface area contributed by atoms with Gasteiger partial charge in [-0.1, -0.05) is 12.1 Å². The van der Waals surface area contributed by atoms with Crippen LogP contribution in [-0.4, -0.2) is 17.4 Å². The number of hydrogen-bond acceptors (Lipinski definition) is 4. The fraction of sp³-hybridized carbons (Fsp3) is 0.231. The van der Waals surface area contributed by atoms with Crippen molar-refractivity contribution < 1.29 is 4.74 Å². The number of nitrogen functional groups attached to an aromatic ring is 1. The van der Waals surface area contributed by atoms with Gasteiger partial charge in [-0.2, -0.15) is 0 Å². The van der Waals surface area contributed by atoms with E-state index in [1.165, 1.54) is 11.3 Å². The van der Waals surface area contributed by atoms with Gasteiger partial charge in [0.15, 0.2) is 0 Å². The zero-order valence-corrected chi connectivity index (χ0v) is 11.2. The van der Waals surface area contributed by atoms with E-state index in [-0.39, 0.29) is 5.84 Å². The molecule has 94 valence electrons. The second-order valence-corrected chi connectivity index (χ2v) is 4.78. The van der Waals surface area contributed by atoms with Crippen molar-refractivity contribution >= 4 is 17.2 Å². The van der Waals surface area contributed by atoms with Gasteiger partial charge in [0.05, 0.1) is 22.7 Å². The number of amidine groups is 1. The number of rotatable bonds is 4. The highest BCUT2D eigenvalue weighted by atomic mass is 32.1. The zero-order valence-electron chi connectivity index (χ0n) is 10.4. The van der Waals surface area contributed by atoms with Crippen LogP contribution in [0, 0.1) is 12.3 Å². The number of hydrogen-bond donors (Lipinski definition) is 2. The Hall–Kier alpha value is -1.88. The summed E-state index contributed by atoms with van der Waals surface area (Å²) in [6, 6.07) is 7.76. The van der Waals surface area contributed by atoms with Gasteiger partial charge >= 0.3 is 0 Å². The predicted octanol–water partition coefficient (Wildman–Crippen LogP) is 2.80. The molecule has 0 amide bonds. The van der Waals surface area contributed by atoms with Crippen LogP contribution >= 0.6 is 11.3 Å². The molecule has 0 saturated carbocycles. The van der Waals surface area contributed by atoms with E-state index in [9.17, 15) is 0 Å². The molecule has 4 nitrogen and oxygen atoms in total. The fourth-order valence-electron chi connectivity index (χ4n) is 1.69. The van der Waals surface area contributed by atoms with Gasteiger partial charge in [-0.25, -0.2) is 4.98 Å². The first-order valence-electron chi connectivity index (χ1n) is 5.67. The molecule has 2 rings (SSSR count). The molecule has 0 unspecified atom stereocenters. The Morgan fingerprint density at radius 2 is 2.17 bits per heavy atom. The van der Waals surface area contributed by atoms with Crippen molar-refractivity contribution in [3.63, 3.8) is 0 Å². The topological polar surface area (TPSA) is 72.0 Å². The number of nitrogens with one attached hydrogen (secondary N) is 1. The fourth-order valence-corrected chi connectivity index (χ4v) is 2.64. The number of nitrogens with two attached hydrogens (primary N) is 1. The molecule has 1 aromatic heterocycles. The Labute approximate surface area is 110 Å². The van der Waals surface area contributed by atoms with Crippen molar-refractivity contribution in [3.8, 4) is 16.3 Å². The number of aryl methyl sites for hydroxylation is 1. The van der Waals surface area contributed by atoms with E-state index in [4.69, 9.17) is 15.9 Å². The van der Waals surface area contributed by atoms with E-state index < -0.39 is 0 Å². The van der Waals surface area contributed by atoms with Gasteiger partial charge in [-0.15, -0.1) is 11.3 Å². The third-order valence-corrected chi connectivity index (χ3v) is 3.68. The lowest BCUT2D eigenvalue weighted by Crippen LogP contribution is -2.10. The first-order valence-corrected chi connectivity index (χ1v) is 6.49. The summed E-state index contributed by atoms with van der Waals surface area (Å²) in [5.74, 6) is 0.869. The monoisotopic (exact) mass is 261 g/mol. The first kappa shape index (κ1) is 12.6. The molecule has 0 saturated heterocycles. The third-order valence-electron chi connectivity index (χ3n) is 2.46. The lowest BCUT2D eigenvalue weighted by atomic mass is 10.2. The molecule has 0 spiro atoms. The quantitative estimate of drug-likeness (QED) is 0.656. The van der Waals surface area contributed by atoms with Crippen LogP contribution in [0.25, 0.3) is 10.6 Å². The molecule has 0 aliphatic heterocycles. The van der Waals surface area contributed by atoms with Gasteiger partial charge in [0.1, 0.15) is 16.6 Å². The van der Waals surface area contributed by atoms with E-state index in [0.717, 1.165) is 26.9 Å². The zero-order chi connectivity index (χ0) is 13.1. The maximum atomic E-state index is 7.50. The van der Waals surface area contributed by atoms with Crippen molar-refractivity contribution in [1.29, 1.82) is 5.41 Å². The summed E-state index contributed by atoms with van der Waals surface area (Å²) in [6.45, 7) is 4.42. The number of ether oxygens (including phenoxy) is 1. The minimum Gasteiger partial charge on any atom is -0.493 e. The Kier molecular flexibility index (Phi) is 3.62. The van der Waals surface area contributed by atoms with Crippen LogP contribution in [-0.2, 0) is 0 Å². The molecule has 0 bridgehead atoms. The van der Waals surface area contributed by atoms with Gasteiger partial charge in [0, 0.05) is 0 Å². The van der Waals surface area contributed by atoms with E-state index in [1.54, 1.807) is 0 Å². The largest absolute Gasteiger partial charge is 0.493 e. The lowest BCUT2D eigenvalue weighted by molar-refractivity contribution is 0.341. The van der Waals surface area contributed by atoms with E-state index in [1.807, 2.05) is 38.1 Å². The highest BCUT2D eigenvalue weighted by Gasteiger charge is 2.14. The number of thiazole rings is 1. The van der Waals surface area contributed by atoms with Crippen LogP contribution in [0.4, 0.5) is 0 Å². The van der Waals surface area contributed by atoms with Crippen molar-refractivity contribution in [2.75, 3.05) is 6.61 Å². The minimum atomic E-state index is 0.0603. The van der Waals surface area contributed by atoms with Crippen LogP contribution in [0.1, 0.15) is 17.5 Å². The Bertz CT molecular complexity index is 577. The van der Waals surface area contributed by atoms with Gasteiger partial charge in [0.25, 0.3) is 0 Å². The van der Waals surface area contributed by atoms with Crippen LogP contribution in [0.2, 0.25) is 0 Å². The Balaban J connectivity index is 2.48. The highest BCUT2D eigenvalue weighted by molar-refractivity contribution is 7.17. The SMILES string of the molecule is CCOc1ccccc1-c1nc(C)c(C(=N)N)s1. The third kappa shape index (κ3) is 2.36. The van der Waals surface area contributed by atoms with E-state index in [2.05, 4.69) is 4.98 Å². The number of nitrogens with zero attached hydrogens (tertiary/aromatic N) is 1. The summed E-state index contributed by atoms with van der Waals surface area (Å²) < 4.78 is 5.58. The first-order chi connectivity index (χ1) is 8.63. The summed E-state index contributed by atoms with van der Waals surface area (Å²) in [4.78, 5) is 5.18. The number of aromatic nitrogens is 1. The molecule has 0 aliphatic rings. The average Bonchev–Trinajstić information content (AvgIpc) is 2.72. The number of benzene rings is 1. The molecular formula is C13H15N3OS. The summed E-state index contributed by atoms with van der Waals surface area (Å²) in [6.07, 6.45) is 0. The summed E-state index contributed by atoms with van der Waals surface area (Å²) in [7, 11) is 0. The van der Waals surface area contributed by atoms with Gasteiger partial charge in [0.2, 0.25) is 0 Å². The molecular weight excluding hydrogens is 246 g/mol. The highest BCUT2D eigenvalue weighted by Crippen LogP contribution is 2.34. The van der Waals surface area contributed by atoms with Crippen LogP contribution in [0.3, 0.4) is 0 Å². The maximum absolute atomic E-state index is 7.50. The lowest BCUT2D eigenvalue weighted by Gasteiger charge is -2.07. The molecule has 0 fully saturated rings. The summed E-state index contributed by atoms with van der Waals surface area (Å²) in [5, 5.41) is 8.34. The molecule has 0 aliphatic carbocycles. The van der Waals surface area contributed by atoms with Crippen molar-refractivity contribution in [1.82, 2.24) is 4.98 Å². The number of para-hydroxylation sites is 1. The van der Waals surface area contributed by atoms with E-state index >= 15 is 0 Å². The molecule has 1 aromatic carbocycles. The molecule has 3 N–H and O–H groups in total. The van der Waals surface area contributed by atoms with Crippen molar-refractivity contribution in [2.45, 2.75) is 13.8 Å². The summed E-state index contributed by atoms with van der Waals surface area (Å²) in [5.41, 5.74) is 7.26. The smallest absolute Gasteiger partial charge is 0.135 e. The second-order valence-electron chi connectivity index (χ2n) is 3.78. The molecule has 1 heterocycles. The molecule has 18 heavy (non-hydrogen) atoms. The van der Waals surface area contributed by atoms with Crippen LogP contribution in [0.15, 0.2) is 24.3 Å². The Morgan fingerprint density at radius 3 is 2.78 bits per heavy atom. The molecule has 2 aromatic rings. The summed E-state index contributed by atoms with van der Waals surface area (Å²) >= 11 is 1.42. The van der Waals surface area contributed by atoms with Crippen LogP contribution < -0.4 is 10.5 Å². The standard InChI is InChI=1S/C13H15N3OS/c1-3-17-10-7-5-4-6-9(10)13-16-8(2)11(18-13)12(14)15/h4-7H,3H2,1-2H3,(H3,14,15). The molecule has 0 atom stereocenters. The van der Waals surface area contributed by atoms with Gasteiger partial charge in [-0.3, -0.25) is 5.41 Å². The van der Waals surface area contributed by atoms with Gasteiger partial charge < -0.3 is 10.5 Å². The minimum absolute atomic E-state index is 0.0603. The van der Waals surface area contributed by atoms with Crippen LogP contribution in [0.5, 0.6) is 5.75 Å². The normalized spacial score (nSPS) is 10.3.